The van der Waals surface area contributed by atoms with Crippen LogP contribution in [0.15, 0.2) is 73.1 Å². The lowest BCUT2D eigenvalue weighted by molar-refractivity contribution is 0.767. The molecule has 0 radical (unpaired) electrons. The molecule has 0 amide bonds. The molecule has 3 aromatic rings. The third-order valence-electron chi connectivity index (χ3n) is 3.81. The second kappa shape index (κ2) is 7.89. The van der Waals surface area contributed by atoms with E-state index in [-0.39, 0.29) is 0 Å². The predicted octanol–water partition coefficient (Wildman–Crippen LogP) is 3.60. The van der Waals surface area contributed by atoms with Gasteiger partial charge in [-0.2, -0.15) is 5.26 Å². The smallest absolute Gasteiger partial charge is 0.142 e. The van der Waals surface area contributed by atoms with Crippen molar-refractivity contribution in [2.75, 3.05) is 11.4 Å². The summed E-state index contributed by atoms with van der Waals surface area (Å²) in [6.45, 7) is 1.56. The summed E-state index contributed by atoms with van der Waals surface area (Å²) in [5.74, 6) is 0.821. The van der Waals surface area contributed by atoms with Crippen molar-refractivity contribution in [2.45, 2.75) is 13.0 Å². The number of pyridine rings is 2. The molecule has 0 unspecified atom stereocenters. The van der Waals surface area contributed by atoms with Crippen LogP contribution in [0.3, 0.4) is 0 Å². The summed E-state index contributed by atoms with van der Waals surface area (Å²) in [6.07, 6.45) is 4.51. The Morgan fingerprint density at radius 3 is 2.42 bits per heavy atom. The highest BCUT2D eigenvalue weighted by Gasteiger charge is 2.10. The molecule has 0 bridgehead atoms. The van der Waals surface area contributed by atoms with Crippen LogP contribution in [-0.4, -0.2) is 16.5 Å². The Hall–Kier alpha value is -3.19. The highest BCUT2D eigenvalue weighted by Crippen LogP contribution is 2.16. The van der Waals surface area contributed by atoms with Gasteiger partial charge in [-0.25, -0.2) is 4.98 Å². The quantitative estimate of drug-likeness (QED) is 0.697. The minimum Gasteiger partial charge on any atom is -0.352 e. The van der Waals surface area contributed by atoms with E-state index < -0.39 is 0 Å². The molecule has 0 saturated carbocycles. The van der Waals surface area contributed by atoms with Gasteiger partial charge in [-0.1, -0.05) is 36.4 Å². The SMILES string of the molecule is N#Cc1cccc(N(CCc2ccccc2)Cc2ccncc2)n1. The summed E-state index contributed by atoms with van der Waals surface area (Å²) in [6, 6.07) is 22.1. The zero-order valence-electron chi connectivity index (χ0n) is 13.3. The van der Waals surface area contributed by atoms with E-state index in [0.29, 0.717) is 5.69 Å². The first-order valence-corrected chi connectivity index (χ1v) is 7.90. The van der Waals surface area contributed by atoms with E-state index in [1.165, 1.54) is 11.1 Å². The first-order valence-electron chi connectivity index (χ1n) is 7.90. The molecule has 4 heteroatoms. The van der Waals surface area contributed by atoms with Crippen LogP contribution < -0.4 is 4.90 Å². The van der Waals surface area contributed by atoms with E-state index >= 15 is 0 Å². The van der Waals surface area contributed by atoms with Crippen molar-refractivity contribution in [3.63, 3.8) is 0 Å². The van der Waals surface area contributed by atoms with Crippen LogP contribution in [0.5, 0.6) is 0 Å². The molecular weight excluding hydrogens is 296 g/mol. The van der Waals surface area contributed by atoms with Gasteiger partial charge in [0.1, 0.15) is 17.6 Å². The van der Waals surface area contributed by atoms with Crippen LogP contribution >= 0.6 is 0 Å². The van der Waals surface area contributed by atoms with E-state index in [9.17, 15) is 0 Å². The molecule has 0 aliphatic rings. The lowest BCUT2D eigenvalue weighted by atomic mass is 10.1. The zero-order valence-corrected chi connectivity index (χ0v) is 13.3. The summed E-state index contributed by atoms with van der Waals surface area (Å²) in [4.78, 5) is 10.7. The van der Waals surface area contributed by atoms with Gasteiger partial charge in [-0.15, -0.1) is 0 Å². The molecule has 0 saturated heterocycles. The number of nitriles is 1. The number of rotatable bonds is 6. The molecule has 0 N–H and O–H groups in total. The highest BCUT2D eigenvalue weighted by molar-refractivity contribution is 5.42. The second-order valence-electron chi connectivity index (χ2n) is 5.51. The van der Waals surface area contributed by atoms with Crippen molar-refractivity contribution in [1.29, 1.82) is 5.26 Å². The molecule has 118 valence electrons. The van der Waals surface area contributed by atoms with E-state index in [2.05, 4.69) is 45.2 Å². The van der Waals surface area contributed by atoms with Crippen molar-refractivity contribution in [1.82, 2.24) is 9.97 Å². The van der Waals surface area contributed by atoms with Gasteiger partial charge in [0.15, 0.2) is 0 Å². The van der Waals surface area contributed by atoms with Crippen LogP contribution in [0.25, 0.3) is 0 Å². The maximum absolute atomic E-state index is 9.10. The highest BCUT2D eigenvalue weighted by atomic mass is 15.2. The minimum atomic E-state index is 0.437. The summed E-state index contributed by atoms with van der Waals surface area (Å²) in [5, 5.41) is 9.10. The van der Waals surface area contributed by atoms with Crippen molar-refractivity contribution in [2.24, 2.45) is 0 Å². The number of anilines is 1. The zero-order chi connectivity index (χ0) is 16.6. The predicted molar refractivity (Wildman–Crippen MR) is 94.4 cm³/mol. The Morgan fingerprint density at radius 1 is 0.875 bits per heavy atom. The van der Waals surface area contributed by atoms with Gasteiger partial charge in [0.2, 0.25) is 0 Å². The molecule has 0 aliphatic heterocycles. The maximum Gasteiger partial charge on any atom is 0.142 e. The van der Waals surface area contributed by atoms with Crippen LogP contribution in [-0.2, 0) is 13.0 Å². The molecule has 2 heterocycles. The largest absolute Gasteiger partial charge is 0.352 e. The number of hydrogen-bond donors (Lipinski definition) is 0. The molecule has 4 nitrogen and oxygen atoms in total. The van der Waals surface area contributed by atoms with Crippen LogP contribution in [0.1, 0.15) is 16.8 Å². The topological polar surface area (TPSA) is 52.8 Å². The van der Waals surface area contributed by atoms with Gasteiger partial charge >= 0.3 is 0 Å². The van der Waals surface area contributed by atoms with Crippen LogP contribution in [0.2, 0.25) is 0 Å². The van der Waals surface area contributed by atoms with Crippen molar-refractivity contribution < 1.29 is 0 Å². The first kappa shape index (κ1) is 15.7. The molecule has 0 fully saturated rings. The average molecular weight is 314 g/mol. The monoisotopic (exact) mass is 314 g/mol. The molecule has 1 aromatic carbocycles. The second-order valence-corrected chi connectivity index (χ2v) is 5.51. The van der Waals surface area contributed by atoms with Gasteiger partial charge in [0.25, 0.3) is 0 Å². The van der Waals surface area contributed by atoms with Gasteiger partial charge in [0.05, 0.1) is 0 Å². The van der Waals surface area contributed by atoms with E-state index in [1.807, 2.05) is 30.3 Å². The Morgan fingerprint density at radius 2 is 1.67 bits per heavy atom. The summed E-state index contributed by atoms with van der Waals surface area (Å²) >= 11 is 0. The van der Waals surface area contributed by atoms with Gasteiger partial charge in [-0.05, 0) is 41.8 Å². The van der Waals surface area contributed by atoms with Gasteiger partial charge < -0.3 is 4.90 Å². The number of aromatic nitrogens is 2. The molecule has 0 aliphatic carbocycles. The fraction of sp³-hybridized carbons (Fsp3) is 0.150. The minimum absolute atomic E-state index is 0.437. The third-order valence-corrected chi connectivity index (χ3v) is 3.81. The molecule has 0 atom stereocenters. The van der Waals surface area contributed by atoms with E-state index in [4.69, 9.17) is 5.26 Å². The van der Waals surface area contributed by atoms with Crippen LogP contribution in [0.4, 0.5) is 5.82 Å². The fourth-order valence-electron chi connectivity index (χ4n) is 2.55. The van der Waals surface area contributed by atoms with E-state index in [1.54, 1.807) is 18.5 Å². The Balaban J connectivity index is 1.81. The standard InChI is InChI=1S/C20H18N4/c21-15-19-7-4-8-20(23-19)24(16-18-9-12-22-13-10-18)14-11-17-5-2-1-3-6-17/h1-10,12-13H,11,14,16H2. The lowest BCUT2D eigenvalue weighted by Crippen LogP contribution is -2.26. The third kappa shape index (κ3) is 4.17. The number of hydrogen-bond acceptors (Lipinski definition) is 4. The van der Waals surface area contributed by atoms with Crippen LogP contribution in [0, 0.1) is 11.3 Å². The van der Waals surface area contributed by atoms with Gasteiger partial charge in [0, 0.05) is 25.5 Å². The average Bonchev–Trinajstić information content (AvgIpc) is 2.67. The lowest BCUT2D eigenvalue weighted by Gasteiger charge is -2.24. The summed E-state index contributed by atoms with van der Waals surface area (Å²) in [5.41, 5.74) is 2.89. The summed E-state index contributed by atoms with van der Waals surface area (Å²) < 4.78 is 0. The Bertz CT molecular complexity index is 810. The number of benzene rings is 1. The molecule has 3 rings (SSSR count). The van der Waals surface area contributed by atoms with Gasteiger partial charge in [-0.3, -0.25) is 4.98 Å². The molecule has 24 heavy (non-hydrogen) atoms. The van der Waals surface area contributed by atoms with Crippen molar-refractivity contribution >= 4 is 5.82 Å². The molecule has 2 aromatic heterocycles. The first-order chi connectivity index (χ1) is 11.8. The molecular formula is C20H18N4. The number of nitrogens with zero attached hydrogens (tertiary/aromatic N) is 4. The summed E-state index contributed by atoms with van der Waals surface area (Å²) in [7, 11) is 0. The maximum atomic E-state index is 9.10. The van der Waals surface area contributed by atoms with Crippen molar-refractivity contribution in [3.05, 3.63) is 89.9 Å². The fourth-order valence-corrected chi connectivity index (χ4v) is 2.55. The molecule has 0 spiro atoms. The Labute approximate surface area is 142 Å². The van der Waals surface area contributed by atoms with E-state index in [0.717, 1.165) is 25.3 Å². The Kier molecular flexibility index (Phi) is 5.16. The van der Waals surface area contributed by atoms with Crippen molar-refractivity contribution in [3.8, 4) is 6.07 Å². The normalized spacial score (nSPS) is 10.1.